The van der Waals surface area contributed by atoms with Crippen LogP contribution in [0.25, 0.3) is 5.57 Å². The molecule has 0 bridgehead atoms. The van der Waals surface area contributed by atoms with Crippen molar-refractivity contribution in [1.29, 1.82) is 0 Å². The number of pyridine rings is 1. The van der Waals surface area contributed by atoms with Crippen LogP contribution in [-0.2, 0) is 9.47 Å². The Hall–Kier alpha value is -1.39. The molecule has 2 aliphatic rings. The van der Waals surface area contributed by atoms with E-state index in [-0.39, 0.29) is 11.7 Å². The van der Waals surface area contributed by atoms with E-state index in [1.807, 2.05) is 12.1 Å². The quantitative estimate of drug-likeness (QED) is 0.807. The van der Waals surface area contributed by atoms with Gasteiger partial charge in [0.05, 0.1) is 18.9 Å². The van der Waals surface area contributed by atoms with Crippen LogP contribution >= 0.6 is 0 Å². The van der Waals surface area contributed by atoms with Crippen LogP contribution in [-0.4, -0.2) is 29.1 Å². The topological polar surface area (TPSA) is 51.6 Å². The van der Waals surface area contributed by atoms with Crippen LogP contribution in [0.2, 0.25) is 0 Å². The van der Waals surface area contributed by atoms with Gasteiger partial charge in [0, 0.05) is 18.9 Å². The second kappa shape index (κ2) is 4.13. The molecule has 1 saturated heterocycles. The summed E-state index contributed by atoms with van der Waals surface area (Å²) in [4.78, 5) is 4.12. The van der Waals surface area contributed by atoms with Crippen molar-refractivity contribution < 1.29 is 14.6 Å². The van der Waals surface area contributed by atoms with Gasteiger partial charge in [-0.3, -0.25) is 0 Å². The van der Waals surface area contributed by atoms with E-state index < -0.39 is 0 Å². The molecule has 0 radical (unpaired) electrons. The fourth-order valence-electron chi connectivity index (χ4n) is 2.40. The Balaban J connectivity index is 1.80. The van der Waals surface area contributed by atoms with Gasteiger partial charge in [0.2, 0.25) is 5.88 Å². The second-order valence-corrected chi connectivity index (χ2v) is 4.42. The maximum Gasteiger partial charge on any atom is 0.211 e. The van der Waals surface area contributed by atoms with Gasteiger partial charge in [0.1, 0.15) is 0 Å². The maximum absolute atomic E-state index is 9.36. The number of hydrogen-bond acceptors (Lipinski definition) is 4. The molecular weight excluding hydrogens is 218 g/mol. The SMILES string of the molecule is Oc1cccc(C2=CCC3(CC2)OCCO3)n1. The van der Waals surface area contributed by atoms with Gasteiger partial charge in [-0.2, -0.15) is 0 Å². The van der Waals surface area contributed by atoms with Crippen molar-refractivity contribution in [2.75, 3.05) is 13.2 Å². The summed E-state index contributed by atoms with van der Waals surface area (Å²) in [6.45, 7) is 1.38. The van der Waals surface area contributed by atoms with Crippen molar-refractivity contribution >= 4 is 5.57 Å². The van der Waals surface area contributed by atoms with Gasteiger partial charge in [-0.05, 0) is 18.1 Å². The minimum atomic E-state index is -0.389. The van der Waals surface area contributed by atoms with Crippen LogP contribution in [0.15, 0.2) is 24.3 Å². The fraction of sp³-hybridized carbons (Fsp3) is 0.462. The number of ether oxygens (including phenoxy) is 2. The van der Waals surface area contributed by atoms with E-state index >= 15 is 0 Å². The first-order valence-corrected chi connectivity index (χ1v) is 5.91. The van der Waals surface area contributed by atoms with Crippen LogP contribution < -0.4 is 0 Å². The highest BCUT2D eigenvalue weighted by atomic mass is 16.7. The summed E-state index contributed by atoms with van der Waals surface area (Å²) in [7, 11) is 0. The molecule has 0 aromatic carbocycles. The summed E-state index contributed by atoms with van der Waals surface area (Å²) in [5.74, 6) is -0.322. The summed E-state index contributed by atoms with van der Waals surface area (Å²) >= 11 is 0. The molecule has 4 heteroatoms. The smallest absolute Gasteiger partial charge is 0.211 e. The van der Waals surface area contributed by atoms with Crippen molar-refractivity contribution in [2.24, 2.45) is 0 Å². The van der Waals surface area contributed by atoms with E-state index in [1.165, 1.54) is 0 Å². The lowest BCUT2D eigenvalue weighted by Gasteiger charge is -2.30. The molecule has 3 rings (SSSR count). The second-order valence-electron chi connectivity index (χ2n) is 4.42. The van der Waals surface area contributed by atoms with E-state index in [1.54, 1.807) is 6.07 Å². The number of aromatic nitrogens is 1. The predicted molar refractivity (Wildman–Crippen MR) is 62.4 cm³/mol. The standard InChI is InChI=1S/C13H15NO3/c15-12-3-1-2-11(14-12)10-4-6-13(7-5-10)16-8-9-17-13/h1-4H,5-9H2,(H,14,15). The first-order valence-electron chi connectivity index (χ1n) is 5.91. The summed E-state index contributed by atoms with van der Waals surface area (Å²) in [5, 5.41) is 9.36. The Morgan fingerprint density at radius 3 is 2.71 bits per heavy atom. The van der Waals surface area contributed by atoms with Crippen molar-refractivity contribution in [1.82, 2.24) is 4.98 Å². The predicted octanol–water partition coefficient (Wildman–Crippen LogP) is 2.10. The van der Waals surface area contributed by atoms with Crippen molar-refractivity contribution in [3.8, 4) is 5.88 Å². The van der Waals surface area contributed by atoms with Crippen molar-refractivity contribution in [3.63, 3.8) is 0 Å². The third-order valence-electron chi connectivity index (χ3n) is 3.31. The van der Waals surface area contributed by atoms with Crippen LogP contribution in [0, 0.1) is 0 Å². The van der Waals surface area contributed by atoms with Gasteiger partial charge in [0.25, 0.3) is 0 Å². The highest BCUT2D eigenvalue weighted by molar-refractivity contribution is 5.63. The summed E-state index contributed by atoms with van der Waals surface area (Å²) < 4.78 is 11.3. The van der Waals surface area contributed by atoms with Gasteiger partial charge in [-0.25, -0.2) is 4.98 Å². The minimum absolute atomic E-state index is 0.0667. The fourth-order valence-corrected chi connectivity index (χ4v) is 2.40. The van der Waals surface area contributed by atoms with E-state index in [2.05, 4.69) is 11.1 Å². The number of aromatic hydroxyl groups is 1. The molecule has 0 unspecified atom stereocenters. The molecule has 0 saturated carbocycles. The third kappa shape index (κ3) is 2.06. The van der Waals surface area contributed by atoms with Crippen molar-refractivity contribution in [2.45, 2.75) is 25.0 Å². The highest BCUT2D eigenvalue weighted by Gasteiger charge is 2.37. The maximum atomic E-state index is 9.36. The lowest BCUT2D eigenvalue weighted by Crippen LogP contribution is -2.31. The molecule has 0 amide bonds. The summed E-state index contributed by atoms with van der Waals surface area (Å²) in [5.41, 5.74) is 2.00. The number of allylic oxidation sites excluding steroid dienone is 1. The average molecular weight is 233 g/mol. The molecule has 1 aromatic heterocycles. The average Bonchev–Trinajstić information content (AvgIpc) is 2.79. The molecule has 1 aromatic rings. The Morgan fingerprint density at radius 1 is 1.24 bits per heavy atom. The lowest BCUT2D eigenvalue weighted by molar-refractivity contribution is -0.159. The molecule has 17 heavy (non-hydrogen) atoms. The van der Waals surface area contributed by atoms with Gasteiger partial charge in [-0.15, -0.1) is 0 Å². The van der Waals surface area contributed by atoms with Crippen molar-refractivity contribution in [3.05, 3.63) is 30.0 Å². The number of nitrogens with zero attached hydrogens (tertiary/aromatic N) is 1. The van der Waals surface area contributed by atoms with Crippen LogP contribution in [0.1, 0.15) is 25.0 Å². The van der Waals surface area contributed by atoms with Crippen LogP contribution in [0.5, 0.6) is 5.88 Å². The zero-order valence-corrected chi connectivity index (χ0v) is 9.56. The Bertz CT molecular complexity index is 450. The van der Waals surface area contributed by atoms with Gasteiger partial charge in [0.15, 0.2) is 5.79 Å². The molecule has 1 fully saturated rings. The number of rotatable bonds is 1. The van der Waals surface area contributed by atoms with Gasteiger partial charge in [-0.1, -0.05) is 12.1 Å². The molecule has 4 nitrogen and oxygen atoms in total. The largest absolute Gasteiger partial charge is 0.493 e. The molecule has 1 spiro atoms. The molecule has 1 aliphatic heterocycles. The molecular formula is C13H15NO3. The zero-order valence-electron chi connectivity index (χ0n) is 9.56. The summed E-state index contributed by atoms with van der Waals surface area (Å²) in [6.07, 6.45) is 4.60. The Morgan fingerprint density at radius 2 is 2.06 bits per heavy atom. The minimum Gasteiger partial charge on any atom is -0.493 e. The van der Waals surface area contributed by atoms with Gasteiger partial charge < -0.3 is 14.6 Å². The molecule has 0 atom stereocenters. The lowest BCUT2D eigenvalue weighted by atomic mass is 9.92. The third-order valence-corrected chi connectivity index (χ3v) is 3.31. The molecule has 2 heterocycles. The Kier molecular flexibility index (Phi) is 2.61. The van der Waals surface area contributed by atoms with Gasteiger partial charge >= 0.3 is 0 Å². The van der Waals surface area contributed by atoms with Crippen LogP contribution in [0.4, 0.5) is 0 Å². The highest BCUT2D eigenvalue weighted by Crippen LogP contribution is 2.37. The molecule has 1 N–H and O–H groups in total. The normalized spacial score (nSPS) is 22.7. The molecule has 90 valence electrons. The van der Waals surface area contributed by atoms with Crippen LogP contribution in [0.3, 0.4) is 0 Å². The zero-order chi connectivity index (χ0) is 11.7. The van der Waals surface area contributed by atoms with E-state index in [0.29, 0.717) is 13.2 Å². The number of hydrogen-bond donors (Lipinski definition) is 1. The Labute approximate surface area is 99.9 Å². The van der Waals surface area contributed by atoms with E-state index in [4.69, 9.17) is 9.47 Å². The summed E-state index contributed by atoms with van der Waals surface area (Å²) in [6, 6.07) is 5.31. The first kappa shape index (κ1) is 10.7. The monoisotopic (exact) mass is 233 g/mol. The first-order chi connectivity index (χ1) is 8.27. The van der Waals surface area contributed by atoms with E-state index in [0.717, 1.165) is 30.5 Å². The van der Waals surface area contributed by atoms with E-state index in [9.17, 15) is 5.11 Å². The molecule has 1 aliphatic carbocycles.